The maximum atomic E-state index is 5.81. The van der Waals surface area contributed by atoms with E-state index in [4.69, 9.17) is 10.2 Å². The smallest absolute Gasteiger partial charge is 0.169 e. The molecule has 0 radical (unpaired) electrons. The first-order valence-corrected chi connectivity index (χ1v) is 6.97. The van der Waals surface area contributed by atoms with Gasteiger partial charge in [-0.05, 0) is 35.1 Å². The molecule has 0 saturated heterocycles. The third-order valence-corrected chi connectivity index (χ3v) is 3.63. The largest absolute Gasteiger partial charge is 0.453 e. The van der Waals surface area contributed by atoms with Gasteiger partial charge in [0, 0.05) is 18.5 Å². The summed E-state index contributed by atoms with van der Waals surface area (Å²) in [5, 5.41) is 2.04. The van der Waals surface area contributed by atoms with Crippen molar-refractivity contribution in [2.24, 2.45) is 5.73 Å². The lowest BCUT2D eigenvalue weighted by molar-refractivity contribution is 0.209. The molecule has 92 valence electrons. The quantitative estimate of drug-likeness (QED) is 0.921. The van der Waals surface area contributed by atoms with E-state index in [-0.39, 0.29) is 6.04 Å². The Hall–Kier alpha value is -0.690. The van der Waals surface area contributed by atoms with E-state index in [0.717, 1.165) is 22.7 Å². The van der Waals surface area contributed by atoms with E-state index in [1.165, 1.54) is 0 Å². The highest BCUT2D eigenvalue weighted by Crippen LogP contribution is 2.24. The molecule has 1 atom stereocenters. The molecule has 4 nitrogen and oxygen atoms in total. The Morgan fingerprint density at radius 3 is 2.94 bits per heavy atom. The van der Waals surface area contributed by atoms with Crippen molar-refractivity contribution < 1.29 is 4.42 Å². The van der Waals surface area contributed by atoms with E-state index in [1.54, 1.807) is 11.3 Å². The van der Waals surface area contributed by atoms with Crippen molar-refractivity contribution in [3.05, 3.63) is 39.1 Å². The van der Waals surface area contributed by atoms with Crippen LogP contribution in [0.3, 0.4) is 0 Å². The number of hydrogen-bond acceptors (Lipinski definition) is 5. The highest BCUT2D eigenvalue weighted by Gasteiger charge is 2.19. The monoisotopic (exact) mass is 315 g/mol. The minimum atomic E-state index is 0.0722. The van der Waals surface area contributed by atoms with Gasteiger partial charge < -0.3 is 10.2 Å². The molecule has 2 heterocycles. The summed E-state index contributed by atoms with van der Waals surface area (Å²) in [6.07, 6.45) is 0. The topological polar surface area (TPSA) is 55.3 Å². The SMILES string of the molecule is CN(Cc1cscn1)C(CN)c1ccc(Br)o1. The van der Waals surface area contributed by atoms with Crippen molar-refractivity contribution in [3.63, 3.8) is 0 Å². The number of halogens is 1. The van der Waals surface area contributed by atoms with Crippen molar-refractivity contribution in [3.8, 4) is 0 Å². The summed E-state index contributed by atoms with van der Waals surface area (Å²) in [6.45, 7) is 1.28. The van der Waals surface area contributed by atoms with Gasteiger partial charge in [0.2, 0.25) is 0 Å². The van der Waals surface area contributed by atoms with E-state index in [2.05, 4.69) is 25.8 Å². The Balaban J connectivity index is 2.07. The number of aromatic nitrogens is 1. The van der Waals surface area contributed by atoms with Gasteiger partial charge in [-0.1, -0.05) is 0 Å². The fraction of sp³-hybridized carbons (Fsp3) is 0.364. The predicted molar refractivity (Wildman–Crippen MR) is 71.8 cm³/mol. The molecule has 2 aromatic rings. The lowest BCUT2D eigenvalue weighted by Gasteiger charge is -2.24. The van der Waals surface area contributed by atoms with Gasteiger partial charge in [-0.3, -0.25) is 4.90 Å². The molecule has 0 spiro atoms. The van der Waals surface area contributed by atoms with Crippen LogP contribution < -0.4 is 5.73 Å². The molecule has 0 saturated carbocycles. The van der Waals surface area contributed by atoms with Gasteiger partial charge in [-0.25, -0.2) is 4.98 Å². The molecule has 2 aromatic heterocycles. The van der Waals surface area contributed by atoms with Crippen molar-refractivity contribution in [1.29, 1.82) is 0 Å². The fourth-order valence-electron chi connectivity index (χ4n) is 1.70. The second-order valence-electron chi connectivity index (χ2n) is 3.79. The maximum absolute atomic E-state index is 5.81. The fourth-order valence-corrected chi connectivity index (χ4v) is 2.57. The molecule has 0 bridgehead atoms. The summed E-state index contributed by atoms with van der Waals surface area (Å²) in [6, 6.07) is 3.90. The van der Waals surface area contributed by atoms with Crippen LogP contribution in [-0.4, -0.2) is 23.5 Å². The van der Waals surface area contributed by atoms with Gasteiger partial charge in [-0.15, -0.1) is 11.3 Å². The molecule has 0 amide bonds. The van der Waals surface area contributed by atoms with Crippen LogP contribution in [0.1, 0.15) is 17.5 Å². The van der Waals surface area contributed by atoms with E-state index < -0.39 is 0 Å². The zero-order valence-electron chi connectivity index (χ0n) is 9.47. The first-order chi connectivity index (χ1) is 8.20. The Labute approximate surface area is 113 Å². The van der Waals surface area contributed by atoms with E-state index in [0.29, 0.717) is 6.54 Å². The number of thiazole rings is 1. The standard InChI is InChI=1S/C11H14BrN3OS/c1-15(5-8-6-17-7-14-8)9(4-13)10-2-3-11(12)16-10/h2-3,6-7,9H,4-5,13H2,1H3. The summed E-state index contributed by atoms with van der Waals surface area (Å²) >= 11 is 4.90. The average Bonchev–Trinajstić information content (AvgIpc) is 2.91. The van der Waals surface area contributed by atoms with Gasteiger partial charge in [0.05, 0.1) is 17.2 Å². The van der Waals surface area contributed by atoms with Gasteiger partial charge in [0.1, 0.15) is 5.76 Å². The molecule has 0 aliphatic rings. The summed E-state index contributed by atoms with van der Waals surface area (Å²) in [5.41, 5.74) is 8.70. The molecule has 2 rings (SSSR count). The van der Waals surface area contributed by atoms with Gasteiger partial charge in [0.25, 0.3) is 0 Å². The number of nitrogens with two attached hydrogens (primary N) is 1. The third-order valence-electron chi connectivity index (χ3n) is 2.57. The van der Waals surface area contributed by atoms with Crippen molar-refractivity contribution in [1.82, 2.24) is 9.88 Å². The lowest BCUT2D eigenvalue weighted by atomic mass is 10.2. The second-order valence-corrected chi connectivity index (χ2v) is 5.29. The van der Waals surface area contributed by atoms with E-state index >= 15 is 0 Å². The van der Waals surface area contributed by atoms with Gasteiger partial charge >= 0.3 is 0 Å². The lowest BCUT2D eigenvalue weighted by Crippen LogP contribution is -2.29. The van der Waals surface area contributed by atoms with Gasteiger partial charge in [-0.2, -0.15) is 0 Å². The summed E-state index contributed by atoms with van der Waals surface area (Å²) in [5.74, 6) is 0.872. The summed E-state index contributed by atoms with van der Waals surface area (Å²) in [7, 11) is 2.02. The Kier molecular flexibility index (Phi) is 4.33. The third kappa shape index (κ3) is 3.16. The molecule has 0 aliphatic heterocycles. The molecular weight excluding hydrogens is 302 g/mol. The van der Waals surface area contributed by atoms with Crippen LogP contribution in [0.4, 0.5) is 0 Å². The van der Waals surface area contributed by atoms with Crippen LogP contribution in [0.25, 0.3) is 0 Å². The number of hydrogen-bond donors (Lipinski definition) is 1. The molecule has 6 heteroatoms. The van der Waals surface area contributed by atoms with Crippen LogP contribution in [0, 0.1) is 0 Å². The summed E-state index contributed by atoms with van der Waals surface area (Å²) in [4.78, 5) is 6.41. The molecule has 17 heavy (non-hydrogen) atoms. The average molecular weight is 316 g/mol. The van der Waals surface area contributed by atoms with Crippen LogP contribution in [-0.2, 0) is 6.54 Å². The molecule has 0 aromatic carbocycles. The number of nitrogens with zero attached hydrogens (tertiary/aromatic N) is 2. The highest BCUT2D eigenvalue weighted by molar-refractivity contribution is 9.10. The van der Waals surface area contributed by atoms with Crippen LogP contribution in [0.2, 0.25) is 0 Å². The Morgan fingerprint density at radius 2 is 2.41 bits per heavy atom. The highest BCUT2D eigenvalue weighted by atomic mass is 79.9. The molecule has 2 N–H and O–H groups in total. The van der Waals surface area contributed by atoms with E-state index in [9.17, 15) is 0 Å². The first-order valence-electron chi connectivity index (χ1n) is 5.23. The van der Waals surface area contributed by atoms with Crippen LogP contribution in [0.5, 0.6) is 0 Å². The number of furan rings is 1. The molecule has 0 fully saturated rings. The van der Waals surface area contributed by atoms with Crippen LogP contribution in [0.15, 0.2) is 32.1 Å². The Bertz CT molecular complexity index is 457. The Morgan fingerprint density at radius 1 is 1.59 bits per heavy atom. The molecule has 1 unspecified atom stereocenters. The number of likely N-dealkylation sites (N-methyl/N-ethyl adjacent to an activating group) is 1. The van der Waals surface area contributed by atoms with Crippen molar-refractivity contribution in [2.75, 3.05) is 13.6 Å². The first kappa shape index (κ1) is 12.8. The van der Waals surface area contributed by atoms with Gasteiger partial charge in [0.15, 0.2) is 4.67 Å². The predicted octanol–water partition coefficient (Wildman–Crippen LogP) is 2.63. The second kappa shape index (κ2) is 5.77. The zero-order chi connectivity index (χ0) is 12.3. The molecule has 0 aliphatic carbocycles. The number of rotatable bonds is 5. The van der Waals surface area contributed by atoms with Crippen molar-refractivity contribution in [2.45, 2.75) is 12.6 Å². The minimum absolute atomic E-state index is 0.0722. The minimum Gasteiger partial charge on any atom is -0.453 e. The van der Waals surface area contributed by atoms with E-state index in [1.807, 2.05) is 30.1 Å². The normalized spacial score (nSPS) is 13.2. The summed E-state index contributed by atoms with van der Waals surface area (Å²) < 4.78 is 6.28. The maximum Gasteiger partial charge on any atom is 0.169 e. The van der Waals surface area contributed by atoms with Crippen LogP contribution >= 0.6 is 27.3 Å². The van der Waals surface area contributed by atoms with Crippen molar-refractivity contribution >= 4 is 27.3 Å². The molecular formula is C11H14BrN3OS. The zero-order valence-corrected chi connectivity index (χ0v) is 11.9.